The lowest BCUT2D eigenvalue weighted by Gasteiger charge is -2.49. The van der Waals surface area contributed by atoms with Gasteiger partial charge in [-0.1, -0.05) is 33.6 Å². The van der Waals surface area contributed by atoms with Crippen molar-refractivity contribution in [2.75, 3.05) is 26.2 Å². The number of unbranched alkanes of at least 4 members (excludes halogenated alkanes) is 2. The summed E-state index contributed by atoms with van der Waals surface area (Å²) in [5.74, 6) is 0.732. The fraction of sp³-hybridized carbons (Fsp3) is 0.741. The van der Waals surface area contributed by atoms with Gasteiger partial charge in [-0.3, -0.25) is 14.5 Å². The zero-order chi connectivity index (χ0) is 27.4. The number of alkyl halides is 3. The van der Waals surface area contributed by atoms with Crippen LogP contribution in [0.5, 0.6) is 0 Å². The van der Waals surface area contributed by atoms with Crippen molar-refractivity contribution in [3.05, 3.63) is 39.1 Å². The molecule has 2 fully saturated rings. The number of aliphatic hydroxyl groups excluding tert-OH is 1. The van der Waals surface area contributed by atoms with Crippen LogP contribution in [0.2, 0.25) is 0 Å². The Labute approximate surface area is 217 Å². The Morgan fingerprint density at radius 1 is 1.19 bits per heavy atom. The topological polar surface area (TPSA) is 89.5 Å². The zero-order valence-corrected chi connectivity index (χ0v) is 22.5. The fourth-order valence-corrected chi connectivity index (χ4v) is 5.41. The Morgan fingerprint density at radius 2 is 1.86 bits per heavy atom. The molecule has 2 N–H and O–H groups in total. The number of nitrogens with zero attached hydrogens (tertiary/aromatic N) is 3. The number of allylic oxidation sites excluding steroid dienone is 1. The zero-order valence-electron chi connectivity index (χ0n) is 22.5. The maximum absolute atomic E-state index is 13.1. The van der Waals surface area contributed by atoms with Gasteiger partial charge in [-0.15, -0.1) is 0 Å². The molecular formula is C27H41F3N4O3. The molecular weight excluding hydrogens is 485 g/mol. The summed E-state index contributed by atoms with van der Waals surface area (Å²) in [6.45, 7) is 11.0. The monoisotopic (exact) mass is 526 g/mol. The first-order valence-electron chi connectivity index (χ1n) is 13.5. The summed E-state index contributed by atoms with van der Waals surface area (Å²) in [5, 5.41) is 15.1. The van der Waals surface area contributed by atoms with E-state index in [1.807, 2.05) is 16.9 Å². The number of hydrogen-bond donors (Lipinski definition) is 2. The second-order valence-corrected chi connectivity index (χ2v) is 10.9. The molecule has 3 aliphatic rings. The van der Waals surface area contributed by atoms with Gasteiger partial charge in [0, 0.05) is 32.1 Å². The highest BCUT2D eigenvalue weighted by molar-refractivity contribution is 5.83. The summed E-state index contributed by atoms with van der Waals surface area (Å²) in [6, 6.07) is -0.264. The van der Waals surface area contributed by atoms with Crippen molar-refractivity contribution < 1.29 is 23.1 Å². The number of rotatable bonds is 10. The molecule has 0 spiro atoms. The summed E-state index contributed by atoms with van der Waals surface area (Å²) in [7, 11) is 0. The average Bonchev–Trinajstić information content (AvgIpc) is 3.55. The van der Waals surface area contributed by atoms with Gasteiger partial charge < -0.3 is 10.0 Å². The number of carbonyl (C=O) groups is 1. The van der Waals surface area contributed by atoms with E-state index in [-0.39, 0.29) is 29.5 Å². The number of hydrogen-bond acceptors (Lipinski definition) is 6. The predicted molar refractivity (Wildman–Crippen MR) is 136 cm³/mol. The van der Waals surface area contributed by atoms with Crippen LogP contribution in [0.25, 0.3) is 0 Å². The molecule has 2 heterocycles. The van der Waals surface area contributed by atoms with Gasteiger partial charge in [-0.25, -0.2) is 5.10 Å². The van der Waals surface area contributed by atoms with E-state index in [0.717, 1.165) is 19.5 Å². The highest BCUT2D eigenvalue weighted by atomic mass is 19.4. The number of nitrogens with one attached hydrogen (secondary N) is 1. The minimum absolute atomic E-state index is 0.00215. The Hall–Kier alpha value is -2.36. The maximum atomic E-state index is 13.1. The third-order valence-electron chi connectivity index (χ3n) is 7.80. The number of aromatic nitrogens is 2. The molecule has 2 aliphatic carbocycles. The minimum atomic E-state index is -4.68. The van der Waals surface area contributed by atoms with Gasteiger partial charge in [0.25, 0.3) is 5.56 Å². The molecule has 1 atom stereocenters. The molecule has 0 bridgehead atoms. The predicted octanol–water partition coefficient (Wildman–Crippen LogP) is 5.38. The SMILES string of the molecule is CC(=O)C1(C)CN(C2CCc3c2n[nH]c(=O)c3C(F)(F)F)C1.CCCCCN(CCC)C(=CO)C1CC1. The second-order valence-electron chi connectivity index (χ2n) is 10.9. The maximum Gasteiger partial charge on any atom is 0.422 e. The Morgan fingerprint density at radius 3 is 2.38 bits per heavy atom. The van der Waals surface area contributed by atoms with E-state index in [9.17, 15) is 27.9 Å². The second kappa shape index (κ2) is 12.0. The van der Waals surface area contributed by atoms with E-state index in [1.165, 1.54) is 51.0 Å². The molecule has 1 saturated heterocycles. The molecule has 1 aromatic heterocycles. The number of aliphatic hydroxyl groups is 1. The van der Waals surface area contributed by atoms with Crippen LogP contribution < -0.4 is 5.56 Å². The molecule has 4 rings (SSSR count). The number of aromatic amines is 1. The third-order valence-corrected chi connectivity index (χ3v) is 7.80. The Balaban J connectivity index is 0.000000222. The van der Waals surface area contributed by atoms with Crippen LogP contribution in [0.3, 0.4) is 0 Å². The summed E-state index contributed by atoms with van der Waals surface area (Å²) < 4.78 is 39.2. The number of Topliss-reactive ketones (excluding diaryl/α,β-unsaturated/α-hetero) is 1. The number of carbonyl (C=O) groups excluding carboxylic acids is 1. The largest absolute Gasteiger partial charge is 0.514 e. The van der Waals surface area contributed by atoms with Crippen LogP contribution >= 0.6 is 0 Å². The first-order valence-corrected chi connectivity index (χ1v) is 13.5. The summed E-state index contributed by atoms with van der Waals surface area (Å²) in [4.78, 5) is 27.4. The summed E-state index contributed by atoms with van der Waals surface area (Å²) in [5.41, 5.74) is -1.28. The van der Waals surface area contributed by atoms with E-state index >= 15 is 0 Å². The molecule has 1 aromatic rings. The van der Waals surface area contributed by atoms with E-state index < -0.39 is 22.7 Å². The fourth-order valence-electron chi connectivity index (χ4n) is 5.41. The molecule has 7 nitrogen and oxygen atoms in total. The lowest BCUT2D eigenvalue weighted by Crippen LogP contribution is -2.58. The van der Waals surface area contributed by atoms with Crippen molar-refractivity contribution in [2.24, 2.45) is 11.3 Å². The average molecular weight is 527 g/mol. The minimum Gasteiger partial charge on any atom is -0.514 e. The van der Waals surface area contributed by atoms with Gasteiger partial charge in [0.05, 0.1) is 29.1 Å². The summed E-state index contributed by atoms with van der Waals surface area (Å²) in [6.07, 6.45) is 4.83. The van der Waals surface area contributed by atoms with E-state index in [0.29, 0.717) is 25.4 Å². The number of fused-ring (bicyclic) bond motifs is 1. The third kappa shape index (κ3) is 6.75. The highest BCUT2D eigenvalue weighted by Gasteiger charge is 2.49. The standard InChI is InChI=1S/C14H16F3N3O2.C13H25NO/c1-7(21)13(2)5-20(6-13)9-4-3-8-10(14(15,16)17)12(22)19-18-11(8)9;1-3-5-6-10-14(9-4-2)13(11-15)12-7-8-12/h9H,3-6H2,1-2H3,(H,19,22);11-12,15H,3-10H2,1-2H3. The number of ketones is 1. The van der Waals surface area contributed by atoms with Gasteiger partial charge in [-0.2, -0.15) is 18.3 Å². The summed E-state index contributed by atoms with van der Waals surface area (Å²) >= 11 is 0. The van der Waals surface area contributed by atoms with Crippen LogP contribution in [0, 0.1) is 11.3 Å². The Kier molecular flexibility index (Phi) is 9.47. The molecule has 1 unspecified atom stereocenters. The molecule has 37 heavy (non-hydrogen) atoms. The van der Waals surface area contributed by atoms with Crippen LogP contribution in [0.1, 0.15) is 95.5 Å². The number of halogens is 3. The molecule has 208 valence electrons. The van der Waals surface area contributed by atoms with Gasteiger partial charge in [0.15, 0.2) is 0 Å². The van der Waals surface area contributed by atoms with Crippen molar-refractivity contribution in [1.82, 2.24) is 20.0 Å². The molecule has 0 radical (unpaired) electrons. The van der Waals surface area contributed by atoms with Gasteiger partial charge in [0.1, 0.15) is 11.3 Å². The van der Waals surface area contributed by atoms with Crippen molar-refractivity contribution in [3.63, 3.8) is 0 Å². The van der Waals surface area contributed by atoms with Crippen molar-refractivity contribution in [3.8, 4) is 0 Å². The van der Waals surface area contributed by atoms with Gasteiger partial charge in [0.2, 0.25) is 0 Å². The first-order chi connectivity index (χ1) is 17.5. The van der Waals surface area contributed by atoms with Crippen LogP contribution in [-0.2, 0) is 17.4 Å². The lowest BCUT2D eigenvalue weighted by molar-refractivity contribution is -0.139. The van der Waals surface area contributed by atoms with Crippen molar-refractivity contribution in [1.29, 1.82) is 0 Å². The van der Waals surface area contributed by atoms with Gasteiger partial charge >= 0.3 is 6.18 Å². The molecule has 10 heteroatoms. The smallest absolute Gasteiger partial charge is 0.422 e. The molecule has 0 aromatic carbocycles. The highest BCUT2D eigenvalue weighted by Crippen LogP contribution is 2.44. The van der Waals surface area contributed by atoms with E-state index in [4.69, 9.17) is 0 Å². The molecule has 1 aliphatic heterocycles. The Bertz CT molecular complexity index is 1030. The lowest BCUT2D eigenvalue weighted by atomic mass is 9.77. The van der Waals surface area contributed by atoms with E-state index in [1.54, 1.807) is 0 Å². The molecule has 0 amide bonds. The normalized spacial score (nSPS) is 21.1. The molecule has 1 saturated carbocycles. The van der Waals surface area contributed by atoms with Crippen LogP contribution in [0.15, 0.2) is 16.8 Å². The quantitative estimate of drug-likeness (QED) is 0.314. The van der Waals surface area contributed by atoms with Crippen LogP contribution in [-0.4, -0.2) is 57.1 Å². The number of likely N-dealkylation sites (tertiary alicyclic amines) is 1. The van der Waals surface area contributed by atoms with Crippen molar-refractivity contribution in [2.45, 2.75) is 91.3 Å². The van der Waals surface area contributed by atoms with Gasteiger partial charge in [-0.05, 0) is 51.0 Å². The van der Waals surface area contributed by atoms with E-state index in [2.05, 4.69) is 23.8 Å². The number of H-pyrrole nitrogens is 1. The van der Waals surface area contributed by atoms with Crippen molar-refractivity contribution >= 4 is 5.78 Å². The van der Waals surface area contributed by atoms with Crippen LogP contribution in [0.4, 0.5) is 13.2 Å². The first kappa shape index (κ1) is 29.2.